The summed E-state index contributed by atoms with van der Waals surface area (Å²) in [6, 6.07) is 0. The molecule has 0 radical (unpaired) electrons. The van der Waals surface area contributed by atoms with Gasteiger partial charge < -0.3 is 0 Å². The van der Waals surface area contributed by atoms with Crippen LogP contribution in [0.3, 0.4) is 0 Å². The first kappa shape index (κ1) is 12.5. The largest absolute Gasteiger partial charge is 0.273 e. The molecule has 1 amide bonds. The third-order valence-electron chi connectivity index (χ3n) is 2.26. The van der Waals surface area contributed by atoms with E-state index in [0.717, 1.165) is 12.8 Å². The second-order valence-electron chi connectivity index (χ2n) is 2.97. The van der Waals surface area contributed by atoms with Crippen LogP contribution in [-0.2, 0) is 4.79 Å². The molecule has 0 aromatic rings. The van der Waals surface area contributed by atoms with Gasteiger partial charge in [-0.15, -0.1) is 24.8 Å². The number of nitrogens with zero attached hydrogens (tertiary/aromatic N) is 1. The fourth-order valence-electron chi connectivity index (χ4n) is 1.58. The highest BCUT2D eigenvalue weighted by molar-refractivity contribution is 5.86. The Morgan fingerprint density at radius 1 is 1.31 bits per heavy atom. The van der Waals surface area contributed by atoms with Crippen LogP contribution < -0.4 is 5.43 Å². The standard InChI is InChI=1S/C8H10N2O.2ClH/c11-8-7-4-2-1-3-6(7)5-9-10-8;;/h1-2,5-7H,3-4H2,(H,10,11);2*1H. The Kier molecular flexibility index (Phi) is 5.03. The molecule has 74 valence electrons. The van der Waals surface area contributed by atoms with Crippen LogP contribution in [-0.4, -0.2) is 12.1 Å². The molecule has 2 unspecified atom stereocenters. The Morgan fingerprint density at radius 3 is 2.69 bits per heavy atom. The normalized spacial score (nSPS) is 29.4. The van der Waals surface area contributed by atoms with E-state index in [1.165, 1.54) is 0 Å². The number of carbonyl (C=O) groups excluding carboxylic acids is 1. The number of carbonyl (C=O) groups is 1. The van der Waals surface area contributed by atoms with Gasteiger partial charge in [-0.25, -0.2) is 5.43 Å². The molecule has 1 aliphatic carbocycles. The van der Waals surface area contributed by atoms with Crippen molar-refractivity contribution in [1.29, 1.82) is 0 Å². The molecule has 2 atom stereocenters. The first-order valence-corrected chi connectivity index (χ1v) is 3.86. The topological polar surface area (TPSA) is 41.5 Å². The fraction of sp³-hybridized carbons (Fsp3) is 0.500. The van der Waals surface area contributed by atoms with E-state index in [4.69, 9.17) is 0 Å². The Hall–Kier alpha value is -0.540. The Balaban J connectivity index is 0.000000720. The maximum atomic E-state index is 11.2. The zero-order chi connectivity index (χ0) is 7.68. The van der Waals surface area contributed by atoms with Crippen LogP contribution >= 0.6 is 24.8 Å². The first-order valence-electron chi connectivity index (χ1n) is 3.86. The number of fused-ring (bicyclic) bond motifs is 1. The van der Waals surface area contributed by atoms with Crippen LogP contribution in [0.5, 0.6) is 0 Å². The van der Waals surface area contributed by atoms with Gasteiger partial charge in [0.25, 0.3) is 0 Å². The molecule has 0 aromatic carbocycles. The van der Waals surface area contributed by atoms with Crippen molar-refractivity contribution in [2.24, 2.45) is 16.9 Å². The Bertz CT molecular complexity index is 240. The maximum absolute atomic E-state index is 11.2. The predicted octanol–water partition coefficient (Wildman–Crippen LogP) is 1.53. The molecule has 1 heterocycles. The molecule has 0 fully saturated rings. The van der Waals surface area contributed by atoms with Crippen LogP contribution in [0, 0.1) is 11.8 Å². The van der Waals surface area contributed by atoms with E-state index < -0.39 is 0 Å². The number of amides is 1. The lowest BCUT2D eigenvalue weighted by atomic mass is 9.83. The number of hydrogen-bond donors (Lipinski definition) is 1. The third-order valence-corrected chi connectivity index (χ3v) is 2.26. The molecule has 13 heavy (non-hydrogen) atoms. The van der Waals surface area contributed by atoms with Gasteiger partial charge >= 0.3 is 0 Å². The highest BCUT2D eigenvalue weighted by atomic mass is 35.5. The van der Waals surface area contributed by atoms with Gasteiger partial charge in [-0.1, -0.05) is 12.2 Å². The molecule has 0 aromatic heterocycles. The van der Waals surface area contributed by atoms with Gasteiger partial charge in [0.2, 0.25) is 5.91 Å². The monoisotopic (exact) mass is 222 g/mol. The number of allylic oxidation sites excluding steroid dienone is 2. The quantitative estimate of drug-likeness (QED) is 0.621. The number of rotatable bonds is 0. The van der Waals surface area contributed by atoms with E-state index in [9.17, 15) is 4.79 Å². The van der Waals surface area contributed by atoms with Gasteiger partial charge in [0, 0.05) is 12.1 Å². The van der Waals surface area contributed by atoms with Crippen LogP contribution in [0.15, 0.2) is 17.3 Å². The van der Waals surface area contributed by atoms with Crippen molar-refractivity contribution in [2.75, 3.05) is 0 Å². The summed E-state index contributed by atoms with van der Waals surface area (Å²) in [6.45, 7) is 0. The SMILES string of the molecule is Cl.Cl.O=C1NN=CC2CC=CCC12. The van der Waals surface area contributed by atoms with Gasteiger partial charge in [-0.3, -0.25) is 4.79 Å². The molecular weight excluding hydrogens is 211 g/mol. The smallest absolute Gasteiger partial charge is 0.244 e. The zero-order valence-corrected chi connectivity index (χ0v) is 8.61. The Labute approximate surface area is 89.5 Å². The summed E-state index contributed by atoms with van der Waals surface area (Å²) in [6.07, 6.45) is 7.85. The summed E-state index contributed by atoms with van der Waals surface area (Å²) in [7, 11) is 0. The lowest BCUT2D eigenvalue weighted by Gasteiger charge is -2.26. The first-order chi connectivity index (χ1) is 5.38. The van der Waals surface area contributed by atoms with E-state index in [2.05, 4.69) is 22.7 Å². The molecule has 0 saturated carbocycles. The average molecular weight is 223 g/mol. The van der Waals surface area contributed by atoms with Crippen molar-refractivity contribution in [3.05, 3.63) is 12.2 Å². The number of halogens is 2. The molecule has 1 N–H and O–H groups in total. The molecule has 0 spiro atoms. The fourth-order valence-corrected chi connectivity index (χ4v) is 1.58. The highest BCUT2D eigenvalue weighted by Gasteiger charge is 2.29. The third kappa shape index (κ3) is 2.45. The zero-order valence-electron chi connectivity index (χ0n) is 6.97. The van der Waals surface area contributed by atoms with Crippen LogP contribution in [0.25, 0.3) is 0 Å². The summed E-state index contributed by atoms with van der Waals surface area (Å²) in [4.78, 5) is 11.2. The second-order valence-corrected chi connectivity index (χ2v) is 2.97. The van der Waals surface area contributed by atoms with Crippen molar-refractivity contribution >= 4 is 36.9 Å². The second kappa shape index (κ2) is 5.25. The predicted molar refractivity (Wildman–Crippen MR) is 56.5 cm³/mol. The van der Waals surface area contributed by atoms with Crippen LogP contribution in [0.4, 0.5) is 0 Å². The summed E-state index contributed by atoms with van der Waals surface area (Å²) >= 11 is 0. The molecular formula is C8H12Cl2N2O. The molecule has 3 nitrogen and oxygen atoms in total. The summed E-state index contributed by atoms with van der Waals surface area (Å²) < 4.78 is 0. The van der Waals surface area contributed by atoms with Gasteiger partial charge in [-0.05, 0) is 12.8 Å². The van der Waals surface area contributed by atoms with E-state index in [-0.39, 0.29) is 36.6 Å². The number of hydrazone groups is 1. The molecule has 2 aliphatic rings. The van der Waals surface area contributed by atoms with Crippen molar-refractivity contribution in [2.45, 2.75) is 12.8 Å². The number of hydrogen-bond acceptors (Lipinski definition) is 2. The van der Waals surface area contributed by atoms with Crippen molar-refractivity contribution in [3.63, 3.8) is 0 Å². The minimum atomic E-state index is 0. The summed E-state index contributed by atoms with van der Waals surface area (Å²) in [5.41, 5.74) is 2.48. The van der Waals surface area contributed by atoms with Crippen molar-refractivity contribution in [1.82, 2.24) is 5.43 Å². The molecule has 5 heteroatoms. The highest BCUT2D eigenvalue weighted by Crippen LogP contribution is 2.25. The van der Waals surface area contributed by atoms with E-state index in [0.29, 0.717) is 5.92 Å². The van der Waals surface area contributed by atoms with Gasteiger partial charge in [0.1, 0.15) is 0 Å². The van der Waals surface area contributed by atoms with E-state index in [1.54, 1.807) is 0 Å². The maximum Gasteiger partial charge on any atom is 0.244 e. The summed E-state index contributed by atoms with van der Waals surface area (Å²) in [5.74, 6) is 0.549. The van der Waals surface area contributed by atoms with Crippen LogP contribution in [0.1, 0.15) is 12.8 Å². The number of nitrogens with one attached hydrogen (secondary N) is 1. The lowest BCUT2D eigenvalue weighted by molar-refractivity contribution is -0.126. The molecule has 2 rings (SSSR count). The minimum Gasteiger partial charge on any atom is -0.273 e. The van der Waals surface area contributed by atoms with Gasteiger partial charge in [-0.2, -0.15) is 5.10 Å². The van der Waals surface area contributed by atoms with E-state index in [1.807, 2.05) is 6.21 Å². The van der Waals surface area contributed by atoms with Crippen molar-refractivity contribution < 1.29 is 4.79 Å². The molecule has 1 aliphatic heterocycles. The van der Waals surface area contributed by atoms with Gasteiger partial charge in [0.15, 0.2) is 0 Å². The van der Waals surface area contributed by atoms with Crippen LogP contribution in [0.2, 0.25) is 0 Å². The Morgan fingerprint density at radius 2 is 2.00 bits per heavy atom. The van der Waals surface area contributed by atoms with E-state index >= 15 is 0 Å². The minimum absolute atomic E-state index is 0. The van der Waals surface area contributed by atoms with Crippen molar-refractivity contribution in [3.8, 4) is 0 Å². The molecule has 0 bridgehead atoms. The average Bonchev–Trinajstić information content (AvgIpc) is 2.06. The molecule has 0 saturated heterocycles. The lowest BCUT2D eigenvalue weighted by Crippen LogP contribution is -2.38. The summed E-state index contributed by atoms with van der Waals surface area (Å²) in [5, 5.41) is 3.78. The van der Waals surface area contributed by atoms with Gasteiger partial charge in [0.05, 0.1) is 5.92 Å².